The second-order valence-corrected chi connectivity index (χ2v) is 5.52. The monoisotopic (exact) mass is 236 g/mol. The number of hydrogen-bond acceptors (Lipinski definition) is 3. The summed E-state index contributed by atoms with van der Waals surface area (Å²) >= 11 is 1.55. The predicted octanol–water partition coefficient (Wildman–Crippen LogP) is 1.71. The molecule has 0 aromatic carbocycles. The minimum atomic E-state index is 0.242. The molecule has 3 nitrogen and oxygen atoms in total. The van der Waals surface area contributed by atoms with Crippen molar-refractivity contribution in [3.8, 4) is 0 Å². The Bertz CT molecular complexity index is 366. The van der Waals surface area contributed by atoms with Gasteiger partial charge in [0.15, 0.2) is 0 Å². The highest BCUT2D eigenvalue weighted by molar-refractivity contribution is 7.12. The fraction of sp³-hybridized carbons (Fsp3) is 0.583. The lowest BCUT2D eigenvalue weighted by Crippen LogP contribution is -2.42. The van der Waals surface area contributed by atoms with Gasteiger partial charge in [-0.1, -0.05) is 6.07 Å². The molecular formula is C12H16N2OS. The maximum absolute atomic E-state index is 12.4. The largest absolute Gasteiger partial charge is 0.331 e. The topological polar surface area (TPSA) is 32.3 Å². The van der Waals surface area contributed by atoms with E-state index >= 15 is 0 Å². The highest BCUT2D eigenvalue weighted by atomic mass is 32.1. The lowest BCUT2D eigenvalue weighted by atomic mass is 10.2. The summed E-state index contributed by atoms with van der Waals surface area (Å²) in [4.78, 5) is 15.4. The van der Waals surface area contributed by atoms with Gasteiger partial charge >= 0.3 is 0 Å². The minimum absolute atomic E-state index is 0.242. The molecule has 1 saturated heterocycles. The molecule has 1 aliphatic carbocycles. The molecular weight excluding hydrogens is 220 g/mol. The van der Waals surface area contributed by atoms with Gasteiger partial charge in [-0.25, -0.2) is 0 Å². The van der Waals surface area contributed by atoms with Crippen LogP contribution in [0.4, 0.5) is 0 Å². The Morgan fingerprint density at radius 1 is 1.38 bits per heavy atom. The number of nitrogens with one attached hydrogen (secondary N) is 1. The van der Waals surface area contributed by atoms with Crippen LogP contribution in [0.25, 0.3) is 0 Å². The van der Waals surface area contributed by atoms with E-state index in [1.807, 2.05) is 17.5 Å². The first-order valence-electron chi connectivity index (χ1n) is 5.93. The first-order valence-corrected chi connectivity index (χ1v) is 6.81. The van der Waals surface area contributed by atoms with Crippen molar-refractivity contribution >= 4 is 17.2 Å². The number of thiophene rings is 1. The summed E-state index contributed by atoms with van der Waals surface area (Å²) in [5, 5.41) is 5.32. The summed E-state index contributed by atoms with van der Waals surface area (Å²) in [5.74, 6) is 0.242. The molecule has 2 heterocycles. The van der Waals surface area contributed by atoms with E-state index in [1.165, 1.54) is 12.8 Å². The Labute approximate surface area is 99.5 Å². The Balaban J connectivity index is 1.79. The zero-order chi connectivity index (χ0) is 11.0. The maximum Gasteiger partial charge on any atom is 0.264 e. The van der Waals surface area contributed by atoms with Crippen LogP contribution in [0.2, 0.25) is 0 Å². The van der Waals surface area contributed by atoms with E-state index in [-0.39, 0.29) is 5.91 Å². The lowest BCUT2D eigenvalue weighted by molar-refractivity contribution is 0.0681. The summed E-state index contributed by atoms with van der Waals surface area (Å²) in [6, 6.07) is 4.82. The van der Waals surface area contributed by atoms with Crippen molar-refractivity contribution in [2.24, 2.45) is 0 Å². The van der Waals surface area contributed by atoms with Crippen LogP contribution >= 0.6 is 11.3 Å². The van der Waals surface area contributed by atoms with Crippen LogP contribution in [0.3, 0.4) is 0 Å². The molecule has 1 N–H and O–H groups in total. The van der Waals surface area contributed by atoms with Crippen LogP contribution in [0, 0.1) is 0 Å². The third-order valence-electron chi connectivity index (χ3n) is 3.33. The molecule has 2 fully saturated rings. The van der Waals surface area contributed by atoms with Gasteiger partial charge in [-0.2, -0.15) is 0 Å². The van der Waals surface area contributed by atoms with Crippen LogP contribution in [0.5, 0.6) is 0 Å². The van der Waals surface area contributed by atoms with Crippen LogP contribution in [0.1, 0.15) is 28.9 Å². The van der Waals surface area contributed by atoms with E-state index in [0.29, 0.717) is 12.1 Å². The molecule has 1 saturated carbocycles. The van der Waals surface area contributed by atoms with Crippen molar-refractivity contribution in [2.75, 3.05) is 13.1 Å². The summed E-state index contributed by atoms with van der Waals surface area (Å²) < 4.78 is 0. The highest BCUT2D eigenvalue weighted by Gasteiger charge is 2.38. The Morgan fingerprint density at radius 2 is 2.25 bits per heavy atom. The van der Waals surface area contributed by atoms with Gasteiger partial charge in [-0.3, -0.25) is 4.79 Å². The fourth-order valence-corrected chi connectivity index (χ4v) is 3.05. The minimum Gasteiger partial charge on any atom is -0.331 e. The molecule has 1 aliphatic heterocycles. The second-order valence-electron chi connectivity index (χ2n) is 4.57. The summed E-state index contributed by atoms with van der Waals surface area (Å²) in [6.45, 7) is 2.01. The molecule has 1 amide bonds. The van der Waals surface area contributed by atoms with Crippen LogP contribution in [-0.2, 0) is 0 Å². The van der Waals surface area contributed by atoms with Crippen molar-refractivity contribution in [3.05, 3.63) is 22.4 Å². The molecule has 4 heteroatoms. The SMILES string of the molecule is O=C(c1cccs1)N(C1CC1)C1CCNC1. The lowest BCUT2D eigenvalue weighted by Gasteiger charge is -2.28. The number of hydrogen-bond donors (Lipinski definition) is 1. The number of rotatable bonds is 3. The summed E-state index contributed by atoms with van der Waals surface area (Å²) in [7, 11) is 0. The second kappa shape index (κ2) is 4.18. The molecule has 1 aromatic heterocycles. The van der Waals surface area contributed by atoms with Crippen LogP contribution in [-0.4, -0.2) is 36.0 Å². The number of nitrogens with zero attached hydrogens (tertiary/aromatic N) is 1. The normalized spacial score (nSPS) is 24.6. The van der Waals surface area contributed by atoms with Gasteiger partial charge in [-0.15, -0.1) is 11.3 Å². The molecule has 0 bridgehead atoms. The Kier molecular flexibility index (Phi) is 2.69. The zero-order valence-electron chi connectivity index (χ0n) is 9.19. The van der Waals surface area contributed by atoms with Gasteiger partial charge in [-0.05, 0) is 37.3 Å². The molecule has 0 radical (unpaired) electrons. The van der Waals surface area contributed by atoms with E-state index in [1.54, 1.807) is 11.3 Å². The van der Waals surface area contributed by atoms with E-state index in [2.05, 4.69) is 10.2 Å². The van der Waals surface area contributed by atoms with E-state index < -0.39 is 0 Å². The van der Waals surface area contributed by atoms with Gasteiger partial charge in [0, 0.05) is 18.6 Å². The number of carbonyl (C=O) groups is 1. The van der Waals surface area contributed by atoms with Crippen LogP contribution < -0.4 is 5.32 Å². The third-order valence-corrected chi connectivity index (χ3v) is 4.19. The molecule has 1 unspecified atom stereocenters. The molecule has 2 aliphatic rings. The fourth-order valence-electron chi connectivity index (χ4n) is 2.39. The highest BCUT2D eigenvalue weighted by Crippen LogP contribution is 2.32. The molecule has 1 atom stereocenters. The van der Waals surface area contributed by atoms with Gasteiger partial charge in [0.1, 0.15) is 0 Å². The van der Waals surface area contributed by atoms with E-state index in [0.717, 1.165) is 24.4 Å². The number of carbonyl (C=O) groups excluding carboxylic acids is 1. The van der Waals surface area contributed by atoms with Crippen molar-refractivity contribution in [1.82, 2.24) is 10.2 Å². The maximum atomic E-state index is 12.4. The first kappa shape index (κ1) is 10.3. The van der Waals surface area contributed by atoms with Crippen LogP contribution in [0.15, 0.2) is 17.5 Å². The Morgan fingerprint density at radius 3 is 2.81 bits per heavy atom. The average Bonchev–Trinajstić information content (AvgIpc) is 2.83. The first-order chi connectivity index (χ1) is 7.86. The van der Waals surface area contributed by atoms with E-state index in [9.17, 15) is 4.79 Å². The van der Waals surface area contributed by atoms with Crippen molar-refractivity contribution in [3.63, 3.8) is 0 Å². The van der Waals surface area contributed by atoms with Crippen molar-refractivity contribution in [1.29, 1.82) is 0 Å². The molecule has 0 spiro atoms. The van der Waals surface area contributed by atoms with Gasteiger partial charge in [0.2, 0.25) is 0 Å². The Hall–Kier alpha value is -0.870. The van der Waals surface area contributed by atoms with Gasteiger partial charge in [0.05, 0.1) is 4.88 Å². The zero-order valence-corrected chi connectivity index (χ0v) is 10.0. The summed E-state index contributed by atoms with van der Waals surface area (Å²) in [5.41, 5.74) is 0. The average molecular weight is 236 g/mol. The standard InChI is InChI=1S/C12H16N2OS/c15-12(11-2-1-7-16-11)14(9-3-4-9)10-5-6-13-8-10/h1-2,7,9-10,13H,3-6,8H2. The molecule has 3 rings (SSSR count). The molecule has 1 aromatic rings. The van der Waals surface area contributed by atoms with Gasteiger partial charge < -0.3 is 10.2 Å². The molecule has 16 heavy (non-hydrogen) atoms. The van der Waals surface area contributed by atoms with Crippen molar-refractivity contribution in [2.45, 2.75) is 31.3 Å². The number of amides is 1. The third kappa shape index (κ3) is 1.87. The predicted molar refractivity (Wildman–Crippen MR) is 64.8 cm³/mol. The summed E-state index contributed by atoms with van der Waals surface area (Å²) in [6.07, 6.45) is 3.48. The molecule has 86 valence electrons. The quantitative estimate of drug-likeness (QED) is 0.866. The van der Waals surface area contributed by atoms with E-state index in [4.69, 9.17) is 0 Å². The van der Waals surface area contributed by atoms with Crippen molar-refractivity contribution < 1.29 is 4.79 Å². The van der Waals surface area contributed by atoms with Gasteiger partial charge in [0.25, 0.3) is 5.91 Å². The smallest absolute Gasteiger partial charge is 0.264 e.